The van der Waals surface area contributed by atoms with E-state index >= 15 is 0 Å². The molecule has 3 atom stereocenters. The summed E-state index contributed by atoms with van der Waals surface area (Å²) in [6.07, 6.45) is 6.52. The maximum absolute atomic E-state index is 10.9. The lowest BCUT2D eigenvalue weighted by molar-refractivity contribution is -0.102. The minimum atomic E-state index is -0.317. The molecule has 0 radical (unpaired) electrons. The normalized spacial score (nSPS) is 33.3. The molecule has 0 saturated carbocycles. The van der Waals surface area contributed by atoms with Gasteiger partial charge in [0, 0.05) is 12.4 Å². The monoisotopic (exact) mass is 304 g/mol. The van der Waals surface area contributed by atoms with Crippen LogP contribution in [0.3, 0.4) is 0 Å². The molecule has 2 fully saturated rings. The standard InChI is InChI=1S/C18H24O2S/c19-17(15-5-4-13-2-1-3-14(13)10-15)16-6-8-20-18(11-16)7-9-21-12-18/h4-5,10,16-17,19H,1-3,6-9,11-12H2. The first-order chi connectivity index (χ1) is 10.3. The van der Waals surface area contributed by atoms with Crippen molar-refractivity contribution in [1.82, 2.24) is 0 Å². The lowest BCUT2D eigenvalue weighted by Crippen LogP contribution is -2.41. The van der Waals surface area contributed by atoms with Crippen LogP contribution in [-0.2, 0) is 17.6 Å². The van der Waals surface area contributed by atoms with Crippen molar-refractivity contribution in [2.24, 2.45) is 5.92 Å². The third-order valence-electron chi connectivity index (χ3n) is 5.51. The van der Waals surface area contributed by atoms with E-state index in [2.05, 4.69) is 18.2 Å². The molecule has 21 heavy (non-hydrogen) atoms. The van der Waals surface area contributed by atoms with Gasteiger partial charge in [0.25, 0.3) is 0 Å². The van der Waals surface area contributed by atoms with Crippen molar-refractivity contribution in [2.75, 3.05) is 18.1 Å². The van der Waals surface area contributed by atoms with Crippen molar-refractivity contribution in [3.8, 4) is 0 Å². The molecule has 3 unspecified atom stereocenters. The predicted octanol–water partition coefficient (Wildman–Crippen LogP) is 3.51. The van der Waals surface area contributed by atoms with Gasteiger partial charge in [0.05, 0.1) is 11.7 Å². The molecular weight excluding hydrogens is 280 g/mol. The summed E-state index contributed by atoms with van der Waals surface area (Å²) in [6, 6.07) is 6.65. The van der Waals surface area contributed by atoms with E-state index in [4.69, 9.17) is 4.74 Å². The SMILES string of the molecule is OC(c1ccc2c(c1)CCC2)C1CCOC2(CCSC2)C1. The quantitative estimate of drug-likeness (QED) is 0.906. The molecule has 4 rings (SSSR count). The van der Waals surface area contributed by atoms with Crippen LogP contribution in [0.25, 0.3) is 0 Å². The van der Waals surface area contributed by atoms with Crippen LogP contribution < -0.4 is 0 Å². The van der Waals surface area contributed by atoms with Crippen molar-refractivity contribution in [3.63, 3.8) is 0 Å². The van der Waals surface area contributed by atoms with Crippen molar-refractivity contribution >= 4 is 11.8 Å². The smallest absolute Gasteiger partial charge is 0.0820 e. The average Bonchev–Trinajstić information content (AvgIpc) is 3.15. The van der Waals surface area contributed by atoms with Gasteiger partial charge >= 0.3 is 0 Å². The summed E-state index contributed by atoms with van der Waals surface area (Å²) in [7, 11) is 0. The Balaban J connectivity index is 1.52. The zero-order valence-corrected chi connectivity index (χ0v) is 13.3. The fourth-order valence-corrected chi connectivity index (χ4v) is 5.62. The highest BCUT2D eigenvalue weighted by molar-refractivity contribution is 7.99. The number of aliphatic hydroxyl groups excluding tert-OH is 1. The first-order valence-electron chi connectivity index (χ1n) is 8.27. The van der Waals surface area contributed by atoms with Crippen LogP contribution in [0, 0.1) is 5.92 Å². The summed E-state index contributed by atoms with van der Waals surface area (Å²) in [5.74, 6) is 2.68. The molecule has 2 saturated heterocycles. The van der Waals surface area contributed by atoms with Crippen LogP contribution in [0.15, 0.2) is 18.2 Å². The lowest BCUT2D eigenvalue weighted by Gasteiger charge is -2.39. The Kier molecular flexibility index (Phi) is 3.76. The summed E-state index contributed by atoms with van der Waals surface area (Å²) in [5.41, 5.74) is 4.14. The average molecular weight is 304 g/mol. The fourth-order valence-electron chi connectivity index (χ4n) is 4.25. The number of rotatable bonds is 2. The second kappa shape index (κ2) is 5.60. The largest absolute Gasteiger partial charge is 0.388 e. The van der Waals surface area contributed by atoms with Crippen LogP contribution in [0.5, 0.6) is 0 Å². The number of ether oxygens (including phenoxy) is 1. The van der Waals surface area contributed by atoms with E-state index in [1.807, 2.05) is 11.8 Å². The molecule has 3 heteroatoms. The molecule has 1 N–H and O–H groups in total. The molecule has 2 heterocycles. The Labute approximate surface area is 131 Å². The van der Waals surface area contributed by atoms with E-state index in [1.165, 1.54) is 36.1 Å². The molecule has 2 nitrogen and oxygen atoms in total. The topological polar surface area (TPSA) is 29.5 Å². The van der Waals surface area contributed by atoms with Gasteiger partial charge in [0.2, 0.25) is 0 Å². The third kappa shape index (κ3) is 2.64. The second-order valence-corrected chi connectivity index (χ2v) is 8.02. The number of benzene rings is 1. The van der Waals surface area contributed by atoms with E-state index < -0.39 is 0 Å². The van der Waals surface area contributed by atoms with Crippen molar-refractivity contribution < 1.29 is 9.84 Å². The first kappa shape index (κ1) is 14.1. The van der Waals surface area contributed by atoms with E-state index in [0.29, 0.717) is 5.92 Å². The lowest BCUT2D eigenvalue weighted by atomic mass is 9.80. The molecule has 1 aliphatic carbocycles. The molecule has 1 spiro atoms. The fraction of sp³-hybridized carbons (Fsp3) is 0.667. The van der Waals surface area contributed by atoms with Crippen LogP contribution in [0.2, 0.25) is 0 Å². The van der Waals surface area contributed by atoms with Crippen LogP contribution >= 0.6 is 11.8 Å². The maximum Gasteiger partial charge on any atom is 0.0820 e. The van der Waals surface area contributed by atoms with E-state index in [0.717, 1.165) is 37.2 Å². The molecule has 3 aliphatic rings. The van der Waals surface area contributed by atoms with Crippen molar-refractivity contribution in [3.05, 3.63) is 34.9 Å². The summed E-state index contributed by atoms with van der Waals surface area (Å²) in [6.45, 7) is 0.813. The van der Waals surface area contributed by atoms with Crippen LogP contribution in [-0.4, -0.2) is 28.8 Å². The number of aliphatic hydroxyl groups is 1. The minimum absolute atomic E-state index is 0.0608. The molecule has 1 aromatic rings. The zero-order chi connectivity index (χ0) is 14.3. The minimum Gasteiger partial charge on any atom is -0.388 e. The highest BCUT2D eigenvalue weighted by Gasteiger charge is 2.42. The highest BCUT2D eigenvalue weighted by atomic mass is 32.2. The molecule has 1 aromatic carbocycles. The van der Waals surface area contributed by atoms with Crippen molar-refractivity contribution in [2.45, 2.75) is 50.2 Å². The Morgan fingerprint density at radius 3 is 3.05 bits per heavy atom. The maximum atomic E-state index is 10.9. The Morgan fingerprint density at radius 1 is 1.29 bits per heavy atom. The second-order valence-electron chi connectivity index (χ2n) is 6.91. The van der Waals surface area contributed by atoms with Gasteiger partial charge in [-0.2, -0.15) is 11.8 Å². The summed E-state index contributed by atoms with van der Waals surface area (Å²) < 4.78 is 6.08. The molecule has 0 amide bonds. The number of thioether (sulfide) groups is 1. The number of aryl methyl sites for hydroxylation is 2. The van der Waals surface area contributed by atoms with E-state index in [9.17, 15) is 5.11 Å². The van der Waals surface area contributed by atoms with Crippen molar-refractivity contribution in [1.29, 1.82) is 0 Å². The summed E-state index contributed by atoms with van der Waals surface area (Å²) in [4.78, 5) is 0. The number of fused-ring (bicyclic) bond motifs is 1. The molecular formula is C18H24O2S. The Morgan fingerprint density at radius 2 is 2.19 bits per heavy atom. The highest BCUT2D eigenvalue weighted by Crippen LogP contribution is 2.44. The molecule has 2 aliphatic heterocycles. The third-order valence-corrected chi connectivity index (χ3v) is 6.73. The first-order valence-corrected chi connectivity index (χ1v) is 9.43. The Hall–Kier alpha value is -0.510. The van der Waals surface area contributed by atoms with Crippen LogP contribution in [0.1, 0.15) is 48.5 Å². The summed E-state index contributed by atoms with van der Waals surface area (Å²) in [5, 5.41) is 10.9. The van der Waals surface area contributed by atoms with Gasteiger partial charge in [-0.1, -0.05) is 18.2 Å². The summed E-state index contributed by atoms with van der Waals surface area (Å²) >= 11 is 2.00. The predicted molar refractivity (Wildman–Crippen MR) is 86.8 cm³/mol. The Bertz CT molecular complexity index is 522. The van der Waals surface area contributed by atoms with Gasteiger partial charge in [0.15, 0.2) is 0 Å². The van der Waals surface area contributed by atoms with Gasteiger partial charge in [-0.3, -0.25) is 0 Å². The molecule has 0 aromatic heterocycles. The van der Waals surface area contributed by atoms with Gasteiger partial charge in [-0.15, -0.1) is 0 Å². The van der Waals surface area contributed by atoms with Crippen LogP contribution in [0.4, 0.5) is 0 Å². The van der Waals surface area contributed by atoms with Gasteiger partial charge < -0.3 is 9.84 Å². The van der Waals surface area contributed by atoms with E-state index in [-0.39, 0.29) is 11.7 Å². The number of hydrogen-bond acceptors (Lipinski definition) is 3. The zero-order valence-electron chi connectivity index (χ0n) is 12.5. The molecule has 114 valence electrons. The molecule has 0 bridgehead atoms. The van der Waals surface area contributed by atoms with E-state index in [1.54, 1.807) is 0 Å². The van der Waals surface area contributed by atoms with Gasteiger partial charge in [-0.05, 0) is 66.9 Å². The number of hydrogen-bond donors (Lipinski definition) is 1. The van der Waals surface area contributed by atoms with Gasteiger partial charge in [0.1, 0.15) is 0 Å². The van der Waals surface area contributed by atoms with Gasteiger partial charge in [-0.25, -0.2) is 0 Å².